The number of anilines is 2. The monoisotopic (exact) mass is 459 g/mol. The number of rotatable bonds is 5. The molecule has 0 spiro atoms. The second kappa shape index (κ2) is 9.30. The zero-order chi connectivity index (χ0) is 21.9. The standard InChI is InChI=1S/C19H21ClF3N5OS/c1-26(2)16-11-15(20)24-18(25-16)30-12-17(29)28-8-6-27(7-9-28)14-5-3-4-13(10-14)19(21,22)23/h3-5,10-11H,6-9,12H2,1-2H3. The summed E-state index contributed by atoms with van der Waals surface area (Å²) in [6.45, 7) is 1.82. The van der Waals surface area contributed by atoms with E-state index in [1.54, 1.807) is 21.9 Å². The fourth-order valence-electron chi connectivity index (χ4n) is 2.99. The van der Waals surface area contributed by atoms with Gasteiger partial charge in [0.05, 0.1) is 11.3 Å². The van der Waals surface area contributed by atoms with E-state index in [-0.39, 0.29) is 11.7 Å². The van der Waals surface area contributed by atoms with E-state index in [2.05, 4.69) is 9.97 Å². The Morgan fingerprint density at radius 3 is 2.50 bits per heavy atom. The molecule has 6 nitrogen and oxygen atoms in total. The van der Waals surface area contributed by atoms with Gasteiger partial charge in [-0.2, -0.15) is 13.2 Å². The average molecular weight is 460 g/mol. The van der Waals surface area contributed by atoms with Crippen molar-refractivity contribution in [3.05, 3.63) is 41.0 Å². The molecule has 1 aliphatic heterocycles. The van der Waals surface area contributed by atoms with E-state index in [0.717, 1.165) is 12.1 Å². The summed E-state index contributed by atoms with van der Waals surface area (Å²) in [6.07, 6.45) is -4.38. The molecule has 0 unspecified atom stereocenters. The topological polar surface area (TPSA) is 52.6 Å². The number of benzene rings is 1. The van der Waals surface area contributed by atoms with Crippen molar-refractivity contribution in [2.45, 2.75) is 11.3 Å². The number of amides is 1. The van der Waals surface area contributed by atoms with Gasteiger partial charge in [-0.25, -0.2) is 9.97 Å². The number of piperazine rings is 1. The highest BCUT2D eigenvalue weighted by Crippen LogP contribution is 2.32. The molecule has 0 aliphatic carbocycles. The van der Waals surface area contributed by atoms with Crippen LogP contribution in [0.5, 0.6) is 0 Å². The lowest BCUT2D eigenvalue weighted by Crippen LogP contribution is -2.49. The largest absolute Gasteiger partial charge is 0.416 e. The van der Waals surface area contributed by atoms with Crippen LogP contribution in [0.15, 0.2) is 35.5 Å². The Kier molecular flexibility index (Phi) is 6.97. The van der Waals surface area contributed by atoms with Crippen molar-refractivity contribution in [3.63, 3.8) is 0 Å². The zero-order valence-electron chi connectivity index (χ0n) is 16.5. The first kappa shape index (κ1) is 22.5. The minimum absolute atomic E-state index is 0.0707. The van der Waals surface area contributed by atoms with Gasteiger partial charge in [-0.1, -0.05) is 29.4 Å². The normalized spacial score (nSPS) is 14.7. The predicted octanol–water partition coefficient (Wildman–Crippen LogP) is 3.66. The number of carbonyl (C=O) groups excluding carboxylic acids is 1. The van der Waals surface area contributed by atoms with Crippen LogP contribution >= 0.6 is 23.4 Å². The number of hydrogen-bond acceptors (Lipinski definition) is 6. The summed E-state index contributed by atoms with van der Waals surface area (Å²) < 4.78 is 38.8. The van der Waals surface area contributed by atoms with Crippen LogP contribution in [0.4, 0.5) is 24.7 Å². The van der Waals surface area contributed by atoms with Crippen LogP contribution < -0.4 is 9.80 Å². The number of thioether (sulfide) groups is 1. The van der Waals surface area contributed by atoms with Gasteiger partial charge in [-0.15, -0.1) is 0 Å². The minimum atomic E-state index is -4.38. The van der Waals surface area contributed by atoms with Crippen molar-refractivity contribution in [1.29, 1.82) is 0 Å². The Morgan fingerprint density at radius 2 is 1.87 bits per heavy atom. The molecule has 0 N–H and O–H groups in total. The van der Waals surface area contributed by atoms with Gasteiger partial charge in [-0.3, -0.25) is 4.79 Å². The summed E-state index contributed by atoms with van der Waals surface area (Å²) in [5.41, 5.74) is -0.164. The molecule has 162 valence electrons. The van der Waals surface area contributed by atoms with E-state index in [9.17, 15) is 18.0 Å². The molecule has 1 aliphatic rings. The summed E-state index contributed by atoms with van der Waals surface area (Å²) in [5.74, 6) is 0.745. The molecule has 1 aromatic carbocycles. The van der Waals surface area contributed by atoms with Crippen molar-refractivity contribution in [3.8, 4) is 0 Å². The van der Waals surface area contributed by atoms with Gasteiger partial charge >= 0.3 is 6.18 Å². The van der Waals surface area contributed by atoms with Crippen molar-refractivity contribution in [2.75, 3.05) is 55.8 Å². The number of hydrogen-bond donors (Lipinski definition) is 0. The maximum atomic E-state index is 12.9. The van der Waals surface area contributed by atoms with Gasteiger partial charge in [0, 0.05) is 52.0 Å². The molecule has 0 atom stereocenters. The molecule has 11 heteroatoms. The Balaban J connectivity index is 1.55. The zero-order valence-corrected chi connectivity index (χ0v) is 18.1. The third-order valence-corrected chi connectivity index (χ3v) is 5.64. The number of nitrogens with zero attached hydrogens (tertiary/aromatic N) is 5. The molecular weight excluding hydrogens is 439 g/mol. The van der Waals surface area contributed by atoms with E-state index in [1.807, 2.05) is 19.0 Å². The van der Waals surface area contributed by atoms with Crippen LogP contribution in [0.1, 0.15) is 5.56 Å². The second-order valence-corrected chi connectivity index (χ2v) is 8.26. The number of halogens is 4. The molecule has 0 saturated carbocycles. The molecule has 3 rings (SSSR count). The van der Waals surface area contributed by atoms with Crippen LogP contribution in [0.2, 0.25) is 5.15 Å². The molecule has 2 heterocycles. The summed E-state index contributed by atoms with van der Waals surface area (Å²) in [4.78, 5) is 26.4. The third-order valence-electron chi connectivity index (χ3n) is 4.61. The van der Waals surface area contributed by atoms with E-state index in [4.69, 9.17) is 11.6 Å². The van der Waals surface area contributed by atoms with Crippen LogP contribution in [0.3, 0.4) is 0 Å². The van der Waals surface area contributed by atoms with Crippen molar-refractivity contribution >= 4 is 40.8 Å². The molecule has 1 fully saturated rings. The lowest BCUT2D eigenvalue weighted by Gasteiger charge is -2.36. The second-order valence-electron chi connectivity index (χ2n) is 6.93. The van der Waals surface area contributed by atoms with Crippen LogP contribution in [0.25, 0.3) is 0 Å². The lowest BCUT2D eigenvalue weighted by molar-refractivity contribution is -0.137. The molecule has 1 amide bonds. The van der Waals surface area contributed by atoms with Crippen molar-refractivity contribution in [2.24, 2.45) is 0 Å². The first-order chi connectivity index (χ1) is 14.1. The Bertz CT molecular complexity index is 904. The molecule has 1 aromatic heterocycles. The summed E-state index contributed by atoms with van der Waals surface area (Å²) in [5, 5.41) is 0.723. The van der Waals surface area contributed by atoms with E-state index in [0.29, 0.717) is 48.0 Å². The van der Waals surface area contributed by atoms with E-state index >= 15 is 0 Å². The van der Waals surface area contributed by atoms with Crippen LogP contribution in [-0.4, -0.2) is 66.8 Å². The summed E-state index contributed by atoms with van der Waals surface area (Å²) in [7, 11) is 3.67. The lowest BCUT2D eigenvalue weighted by atomic mass is 10.1. The molecule has 1 saturated heterocycles. The molecule has 0 radical (unpaired) electrons. The Morgan fingerprint density at radius 1 is 1.17 bits per heavy atom. The van der Waals surface area contributed by atoms with Gasteiger partial charge in [0.15, 0.2) is 5.16 Å². The van der Waals surface area contributed by atoms with Crippen LogP contribution in [-0.2, 0) is 11.0 Å². The minimum Gasteiger partial charge on any atom is -0.368 e. The van der Waals surface area contributed by atoms with Crippen LogP contribution in [0, 0.1) is 0 Å². The Labute approximate surface area is 182 Å². The fourth-order valence-corrected chi connectivity index (χ4v) is 3.97. The van der Waals surface area contributed by atoms with E-state index < -0.39 is 11.7 Å². The maximum Gasteiger partial charge on any atom is 0.416 e. The molecular formula is C19H21ClF3N5OS. The van der Waals surface area contributed by atoms with Crippen molar-refractivity contribution in [1.82, 2.24) is 14.9 Å². The number of aromatic nitrogens is 2. The van der Waals surface area contributed by atoms with E-state index in [1.165, 1.54) is 17.8 Å². The average Bonchev–Trinajstić information content (AvgIpc) is 2.71. The Hall–Kier alpha value is -2.20. The first-order valence-electron chi connectivity index (χ1n) is 9.18. The van der Waals surface area contributed by atoms with Crippen molar-refractivity contribution < 1.29 is 18.0 Å². The smallest absolute Gasteiger partial charge is 0.368 e. The molecule has 0 bridgehead atoms. The van der Waals surface area contributed by atoms with Gasteiger partial charge in [0.25, 0.3) is 0 Å². The maximum absolute atomic E-state index is 12.9. The number of alkyl halides is 3. The number of carbonyl (C=O) groups is 1. The summed E-state index contributed by atoms with van der Waals surface area (Å²) in [6, 6.07) is 6.90. The quantitative estimate of drug-likeness (QED) is 0.386. The van der Waals surface area contributed by atoms with Gasteiger partial charge in [0.2, 0.25) is 5.91 Å². The molecule has 2 aromatic rings. The van der Waals surface area contributed by atoms with Gasteiger partial charge < -0.3 is 14.7 Å². The highest BCUT2D eigenvalue weighted by Gasteiger charge is 2.31. The third kappa shape index (κ3) is 5.69. The SMILES string of the molecule is CN(C)c1cc(Cl)nc(SCC(=O)N2CCN(c3cccc(C(F)(F)F)c3)CC2)n1. The highest BCUT2D eigenvalue weighted by atomic mass is 35.5. The highest BCUT2D eigenvalue weighted by molar-refractivity contribution is 7.99. The van der Waals surface area contributed by atoms with Gasteiger partial charge in [0.1, 0.15) is 11.0 Å². The predicted molar refractivity (Wildman–Crippen MR) is 112 cm³/mol. The molecule has 30 heavy (non-hydrogen) atoms. The van der Waals surface area contributed by atoms with Gasteiger partial charge in [-0.05, 0) is 18.2 Å². The summed E-state index contributed by atoms with van der Waals surface area (Å²) >= 11 is 7.22. The first-order valence-corrected chi connectivity index (χ1v) is 10.5. The fraction of sp³-hybridized carbons (Fsp3) is 0.421.